The standard InChI is InChI=1S/C16H13ClN4O2/c1-10-2-7-13(23-10)9-18-21-16(22)15-8-14(19-20-15)11-3-5-12(17)6-4-11/h2-9H,1H3,(H,19,20)(H,21,22). The highest BCUT2D eigenvalue weighted by Gasteiger charge is 2.10. The maximum atomic E-state index is 12.0. The lowest BCUT2D eigenvalue weighted by atomic mass is 10.1. The van der Waals surface area contributed by atoms with Crippen molar-refractivity contribution < 1.29 is 9.21 Å². The minimum absolute atomic E-state index is 0.308. The van der Waals surface area contributed by atoms with Crippen LogP contribution in [0.1, 0.15) is 22.0 Å². The smallest absolute Gasteiger partial charge is 0.289 e. The summed E-state index contributed by atoms with van der Waals surface area (Å²) in [5, 5.41) is 11.3. The second-order valence-corrected chi connectivity index (χ2v) is 5.26. The van der Waals surface area contributed by atoms with Crippen LogP contribution >= 0.6 is 11.6 Å². The van der Waals surface area contributed by atoms with E-state index >= 15 is 0 Å². The monoisotopic (exact) mass is 328 g/mol. The number of hydrogen-bond acceptors (Lipinski definition) is 4. The van der Waals surface area contributed by atoms with Gasteiger partial charge in [-0.2, -0.15) is 10.2 Å². The van der Waals surface area contributed by atoms with Crippen LogP contribution in [0.5, 0.6) is 0 Å². The summed E-state index contributed by atoms with van der Waals surface area (Å²) < 4.78 is 5.31. The molecule has 0 spiro atoms. The van der Waals surface area contributed by atoms with Crippen LogP contribution in [0.2, 0.25) is 5.02 Å². The van der Waals surface area contributed by atoms with Gasteiger partial charge in [0.25, 0.3) is 5.91 Å². The van der Waals surface area contributed by atoms with Crippen molar-refractivity contribution in [2.45, 2.75) is 6.92 Å². The number of hydrazone groups is 1. The molecule has 0 aliphatic heterocycles. The molecule has 0 aliphatic carbocycles. The van der Waals surface area contributed by atoms with Gasteiger partial charge < -0.3 is 4.42 Å². The minimum atomic E-state index is -0.391. The van der Waals surface area contributed by atoms with Crippen LogP contribution in [0.3, 0.4) is 0 Å². The third-order valence-corrected chi connectivity index (χ3v) is 3.33. The van der Waals surface area contributed by atoms with Crippen LogP contribution in [0.15, 0.2) is 52.0 Å². The normalized spacial score (nSPS) is 11.0. The molecular weight excluding hydrogens is 316 g/mol. The molecule has 0 atom stereocenters. The number of rotatable bonds is 4. The van der Waals surface area contributed by atoms with Crippen molar-refractivity contribution in [3.63, 3.8) is 0 Å². The molecule has 3 aromatic rings. The number of hydrogen-bond donors (Lipinski definition) is 2. The Morgan fingerprint density at radius 1 is 1.30 bits per heavy atom. The summed E-state index contributed by atoms with van der Waals surface area (Å²) in [5.74, 6) is 0.949. The summed E-state index contributed by atoms with van der Waals surface area (Å²) >= 11 is 5.85. The van der Waals surface area contributed by atoms with Gasteiger partial charge in [-0.25, -0.2) is 5.43 Å². The van der Waals surface area contributed by atoms with Crippen molar-refractivity contribution >= 4 is 23.7 Å². The Balaban J connectivity index is 1.66. The van der Waals surface area contributed by atoms with Crippen LogP contribution in [-0.4, -0.2) is 22.3 Å². The van der Waals surface area contributed by atoms with Crippen LogP contribution in [-0.2, 0) is 0 Å². The average Bonchev–Trinajstić information content (AvgIpc) is 3.17. The van der Waals surface area contributed by atoms with Gasteiger partial charge in [-0.15, -0.1) is 0 Å². The number of furan rings is 1. The molecule has 0 saturated carbocycles. The predicted octanol–water partition coefficient (Wildman–Crippen LogP) is 3.40. The lowest BCUT2D eigenvalue weighted by molar-refractivity contribution is 0.0950. The third-order valence-electron chi connectivity index (χ3n) is 3.08. The fourth-order valence-corrected chi connectivity index (χ4v) is 2.07. The van der Waals surface area contributed by atoms with Crippen molar-refractivity contribution in [3.05, 3.63) is 64.7 Å². The van der Waals surface area contributed by atoms with Gasteiger partial charge in [0.05, 0.1) is 11.9 Å². The predicted molar refractivity (Wildman–Crippen MR) is 87.5 cm³/mol. The molecular formula is C16H13ClN4O2. The lowest BCUT2D eigenvalue weighted by Gasteiger charge is -1.95. The molecule has 2 N–H and O–H groups in total. The molecule has 2 aromatic heterocycles. The van der Waals surface area contributed by atoms with Crippen LogP contribution < -0.4 is 5.43 Å². The summed E-state index contributed by atoms with van der Waals surface area (Å²) in [4.78, 5) is 12.0. The largest absolute Gasteiger partial charge is 0.460 e. The number of nitrogens with zero attached hydrogens (tertiary/aromatic N) is 2. The van der Waals surface area contributed by atoms with E-state index in [1.54, 1.807) is 24.3 Å². The summed E-state index contributed by atoms with van der Waals surface area (Å²) in [5.41, 5.74) is 4.23. The molecule has 0 fully saturated rings. The van der Waals surface area contributed by atoms with E-state index in [9.17, 15) is 4.79 Å². The number of aromatic nitrogens is 2. The second kappa shape index (κ2) is 6.50. The van der Waals surface area contributed by atoms with Gasteiger partial charge in [-0.3, -0.25) is 9.89 Å². The first kappa shape index (κ1) is 15.1. The van der Waals surface area contributed by atoms with Gasteiger partial charge in [-0.05, 0) is 37.3 Å². The van der Waals surface area contributed by atoms with Gasteiger partial charge in [0, 0.05) is 10.6 Å². The highest BCUT2D eigenvalue weighted by Crippen LogP contribution is 2.20. The van der Waals surface area contributed by atoms with Crippen molar-refractivity contribution in [2.75, 3.05) is 0 Å². The Morgan fingerprint density at radius 2 is 2.09 bits per heavy atom. The molecule has 116 valence electrons. The molecule has 7 heteroatoms. The van der Waals surface area contributed by atoms with E-state index in [0.29, 0.717) is 22.2 Å². The summed E-state index contributed by atoms with van der Waals surface area (Å²) in [6, 6.07) is 12.4. The van der Waals surface area contributed by atoms with Gasteiger partial charge in [0.15, 0.2) is 0 Å². The molecule has 0 radical (unpaired) electrons. The van der Waals surface area contributed by atoms with E-state index < -0.39 is 5.91 Å². The Labute approximate surface area is 137 Å². The zero-order valence-electron chi connectivity index (χ0n) is 12.2. The van der Waals surface area contributed by atoms with Crippen LogP contribution in [0.25, 0.3) is 11.3 Å². The SMILES string of the molecule is Cc1ccc(C=NNC(=O)c2cc(-c3ccc(Cl)cc3)n[nH]2)o1. The molecule has 1 aromatic carbocycles. The second-order valence-electron chi connectivity index (χ2n) is 4.82. The Bertz CT molecular complexity index is 849. The topological polar surface area (TPSA) is 83.3 Å². The fraction of sp³-hybridized carbons (Fsp3) is 0.0625. The van der Waals surface area contributed by atoms with Crippen LogP contribution in [0.4, 0.5) is 0 Å². The lowest BCUT2D eigenvalue weighted by Crippen LogP contribution is -2.17. The third kappa shape index (κ3) is 3.67. The summed E-state index contributed by atoms with van der Waals surface area (Å²) in [7, 11) is 0. The zero-order valence-corrected chi connectivity index (χ0v) is 13.0. The van der Waals surface area contributed by atoms with Crippen molar-refractivity contribution in [2.24, 2.45) is 5.10 Å². The molecule has 6 nitrogen and oxygen atoms in total. The van der Waals surface area contributed by atoms with Crippen molar-refractivity contribution in [3.8, 4) is 11.3 Å². The van der Waals surface area contributed by atoms with E-state index in [1.165, 1.54) is 6.21 Å². The number of carbonyl (C=O) groups excluding carboxylic acids is 1. The number of carbonyl (C=O) groups is 1. The zero-order chi connectivity index (χ0) is 16.2. The first-order valence-electron chi connectivity index (χ1n) is 6.83. The van der Waals surface area contributed by atoms with Crippen molar-refractivity contribution in [1.29, 1.82) is 0 Å². The molecule has 0 bridgehead atoms. The maximum Gasteiger partial charge on any atom is 0.289 e. The van der Waals surface area contributed by atoms with E-state index in [2.05, 4.69) is 20.7 Å². The number of aryl methyl sites for hydroxylation is 1. The van der Waals surface area contributed by atoms with Gasteiger partial charge in [0.1, 0.15) is 17.2 Å². The Kier molecular flexibility index (Phi) is 4.25. The van der Waals surface area contributed by atoms with Gasteiger partial charge >= 0.3 is 0 Å². The molecule has 3 rings (SSSR count). The first-order valence-corrected chi connectivity index (χ1v) is 7.21. The number of nitrogens with one attached hydrogen (secondary N) is 2. The fourth-order valence-electron chi connectivity index (χ4n) is 1.94. The highest BCUT2D eigenvalue weighted by atomic mass is 35.5. The molecule has 0 saturated heterocycles. The Morgan fingerprint density at radius 3 is 2.78 bits per heavy atom. The van der Waals surface area contributed by atoms with E-state index in [1.807, 2.05) is 25.1 Å². The summed E-state index contributed by atoms with van der Waals surface area (Å²) in [6.07, 6.45) is 1.43. The minimum Gasteiger partial charge on any atom is -0.460 e. The molecule has 2 heterocycles. The van der Waals surface area contributed by atoms with Gasteiger partial charge in [0.2, 0.25) is 0 Å². The van der Waals surface area contributed by atoms with E-state index in [0.717, 1.165) is 11.3 Å². The number of H-pyrrole nitrogens is 1. The number of amides is 1. The van der Waals surface area contributed by atoms with Gasteiger partial charge in [-0.1, -0.05) is 23.7 Å². The molecule has 0 unspecified atom stereocenters. The molecule has 23 heavy (non-hydrogen) atoms. The Hall–Kier alpha value is -2.86. The molecule has 1 amide bonds. The van der Waals surface area contributed by atoms with Crippen LogP contribution in [0, 0.1) is 6.92 Å². The number of benzene rings is 1. The van der Waals surface area contributed by atoms with Crippen molar-refractivity contribution in [1.82, 2.24) is 15.6 Å². The summed E-state index contributed by atoms with van der Waals surface area (Å²) in [6.45, 7) is 1.83. The first-order chi connectivity index (χ1) is 11.1. The maximum absolute atomic E-state index is 12.0. The highest BCUT2D eigenvalue weighted by molar-refractivity contribution is 6.30. The van der Waals surface area contributed by atoms with E-state index in [4.69, 9.17) is 16.0 Å². The molecule has 0 aliphatic rings. The van der Waals surface area contributed by atoms with E-state index in [-0.39, 0.29) is 0 Å². The average molecular weight is 329 g/mol. The quantitative estimate of drug-likeness (QED) is 0.568. The number of halogens is 1. The number of aromatic amines is 1.